The zero-order valence-electron chi connectivity index (χ0n) is 10.6. The van der Waals surface area contributed by atoms with Crippen LogP contribution in [0.15, 0.2) is 12.1 Å². The third kappa shape index (κ3) is 4.87. The lowest BCUT2D eigenvalue weighted by Gasteiger charge is -2.14. The second-order valence-corrected chi connectivity index (χ2v) is 4.72. The molecule has 1 aromatic heterocycles. The number of aromatic nitrogens is 1. The van der Waals surface area contributed by atoms with Gasteiger partial charge in [0.15, 0.2) is 0 Å². The molecule has 6 heteroatoms. The number of nitro groups is 1. The molecule has 0 amide bonds. The van der Waals surface area contributed by atoms with Crippen LogP contribution in [0.1, 0.15) is 39.5 Å². The Morgan fingerprint density at radius 3 is 2.83 bits per heavy atom. The van der Waals surface area contributed by atoms with E-state index in [1.807, 2.05) is 6.92 Å². The van der Waals surface area contributed by atoms with Gasteiger partial charge in [-0.15, -0.1) is 0 Å². The third-order valence-electron chi connectivity index (χ3n) is 2.62. The van der Waals surface area contributed by atoms with Gasteiger partial charge in [-0.3, -0.25) is 10.1 Å². The molecule has 1 aromatic rings. The largest absolute Gasteiger partial charge is 0.367 e. The van der Waals surface area contributed by atoms with Crippen molar-refractivity contribution >= 4 is 23.1 Å². The molecular weight excluding hydrogens is 254 g/mol. The van der Waals surface area contributed by atoms with Gasteiger partial charge in [0.1, 0.15) is 11.0 Å². The highest BCUT2D eigenvalue weighted by Crippen LogP contribution is 2.21. The summed E-state index contributed by atoms with van der Waals surface area (Å²) in [6.45, 7) is 4.18. The molecule has 0 radical (unpaired) electrons. The number of nitrogens with one attached hydrogen (secondary N) is 1. The zero-order valence-corrected chi connectivity index (χ0v) is 11.4. The molecule has 0 bridgehead atoms. The van der Waals surface area contributed by atoms with Gasteiger partial charge in [0.25, 0.3) is 5.69 Å². The van der Waals surface area contributed by atoms with Crippen LogP contribution in [-0.2, 0) is 0 Å². The number of rotatable bonds is 7. The summed E-state index contributed by atoms with van der Waals surface area (Å²) >= 11 is 5.75. The maximum atomic E-state index is 10.7. The van der Waals surface area contributed by atoms with E-state index in [-0.39, 0.29) is 16.9 Å². The van der Waals surface area contributed by atoms with Crippen molar-refractivity contribution in [3.8, 4) is 0 Å². The Balaban J connectivity index is 2.63. The summed E-state index contributed by atoms with van der Waals surface area (Å²) in [4.78, 5) is 14.3. The van der Waals surface area contributed by atoms with Crippen LogP contribution in [0.25, 0.3) is 0 Å². The maximum Gasteiger partial charge on any atom is 0.276 e. The molecule has 1 heterocycles. The van der Waals surface area contributed by atoms with Gasteiger partial charge in [-0.05, 0) is 13.3 Å². The van der Waals surface area contributed by atoms with E-state index in [0.717, 1.165) is 12.8 Å². The van der Waals surface area contributed by atoms with E-state index >= 15 is 0 Å². The predicted molar refractivity (Wildman–Crippen MR) is 73.1 cm³/mol. The van der Waals surface area contributed by atoms with Gasteiger partial charge in [-0.1, -0.05) is 37.8 Å². The van der Waals surface area contributed by atoms with Gasteiger partial charge in [-0.2, -0.15) is 0 Å². The van der Waals surface area contributed by atoms with Gasteiger partial charge < -0.3 is 5.32 Å². The topological polar surface area (TPSA) is 68.1 Å². The first-order valence-electron chi connectivity index (χ1n) is 6.11. The predicted octanol–water partition coefficient (Wildman–Crippen LogP) is 4.02. The van der Waals surface area contributed by atoms with Crippen LogP contribution in [0.3, 0.4) is 0 Å². The van der Waals surface area contributed by atoms with Crippen molar-refractivity contribution in [3.05, 3.63) is 27.4 Å². The maximum absolute atomic E-state index is 10.7. The van der Waals surface area contributed by atoms with Gasteiger partial charge >= 0.3 is 0 Å². The second-order valence-electron chi connectivity index (χ2n) is 4.33. The molecule has 0 saturated heterocycles. The molecule has 0 aromatic carbocycles. The van der Waals surface area contributed by atoms with Crippen molar-refractivity contribution < 1.29 is 4.92 Å². The highest BCUT2D eigenvalue weighted by molar-refractivity contribution is 6.29. The lowest BCUT2D eigenvalue weighted by Crippen LogP contribution is -2.16. The molecule has 0 aliphatic heterocycles. The monoisotopic (exact) mass is 271 g/mol. The van der Waals surface area contributed by atoms with Gasteiger partial charge in [0, 0.05) is 6.04 Å². The number of anilines is 1. The van der Waals surface area contributed by atoms with Crippen LogP contribution < -0.4 is 5.32 Å². The summed E-state index contributed by atoms with van der Waals surface area (Å²) in [6.07, 6.45) is 4.51. The fourth-order valence-corrected chi connectivity index (χ4v) is 1.89. The molecule has 0 aliphatic rings. The zero-order chi connectivity index (χ0) is 13.5. The molecule has 1 rings (SSSR count). The first-order valence-corrected chi connectivity index (χ1v) is 6.49. The third-order valence-corrected chi connectivity index (χ3v) is 2.82. The van der Waals surface area contributed by atoms with Crippen LogP contribution in [0.2, 0.25) is 5.15 Å². The highest BCUT2D eigenvalue weighted by atomic mass is 35.5. The van der Waals surface area contributed by atoms with E-state index in [4.69, 9.17) is 11.6 Å². The highest BCUT2D eigenvalue weighted by Gasteiger charge is 2.11. The summed E-state index contributed by atoms with van der Waals surface area (Å²) in [5, 5.41) is 14.0. The van der Waals surface area contributed by atoms with Crippen molar-refractivity contribution in [1.82, 2.24) is 4.98 Å². The Hall–Kier alpha value is -1.36. The van der Waals surface area contributed by atoms with E-state index in [0.29, 0.717) is 5.82 Å². The Labute approximate surface area is 112 Å². The Morgan fingerprint density at radius 1 is 1.50 bits per heavy atom. The van der Waals surface area contributed by atoms with Crippen LogP contribution in [0.4, 0.5) is 11.5 Å². The van der Waals surface area contributed by atoms with Gasteiger partial charge in [-0.25, -0.2) is 4.98 Å². The van der Waals surface area contributed by atoms with Gasteiger partial charge in [0.2, 0.25) is 0 Å². The minimum atomic E-state index is -0.472. The standard InChI is InChI=1S/C12H18ClN3O2/c1-3-4-5-6-9(2)14-12-8-10(16(17)18)7-11(13)15-12/h7-9H,3-6H2,1-2H3,(H,14,15). The van der Waals surface area contributed by atoms with Crippen LogP contribution in [0, 0.1) is 10.1 Å². The Kier molecular flexibility index (Phi) is 5.85. The second kappa shape index (κ2) is 7.16. The Bertz CT molecular complexity index is 412. The SMILES string of the molecule is CCCCCC(C)Nc1cc([N+](=O)[O-])cc(Cl)n1. The number of hydrogen-bond acceptors (Lipinski definition) is 4. The minimum absolute atomic E-state index is 0.0433. The van der Waals surface area contributed by atoms with Crippen molar-refractivity contribution in [3.63, 3.8) is 0 Å². The molecule has 0 spiro atoms. The lowest BCUT2D eigenvalue weighted by molar-refractivity contribution is -0.384. The summed E-state index contributed by atoms with van der Waals surface area (Å²) < 4.78 is 0. The minimum Gasteiger partial charge on any atom is -0.367 e. The van der Waals surface area contributed by atoms with E-state index < -0.39 is 4.92 Å². The van der Waals surface area contributed by atoms with Crippen LogP contribution in [-0.4, -0.2) is 15.9 Å². The van der Waals surface area contributed by atoms with Crippen molar-refractivity contribution in [2.24, 2.45) is 0 Å². The average Bonchev–Trinajstić information content (AvgIpc) is 2.28. The smallest absolute Gasteiger partial charge is 0.276 e. The molecule has 1 atom stereocenters. The van der Waals surface area contributed by atoms with Crippen LogP contribution in [0.5, 0.6) is 0 Å². The number of unbranched alkanes of at least 4 members (excludes halogenated alkanes) is 2. The molecule has 1 unspecified atom stereocenters. The van der Waals surface area contributed by atoms with Crippen molar-refractivity contribution in [2.45, 2.75) is 45.6 Å². The number of halogens is 1. The lowest BCUT2D eigenvalue weighted by atomic mass is 10.1. The summed E-state index contributed by atoms with van der Waals surface area (Å²) in [5.41, 5.74) is -0.0433. The first-order chi connectivity index (χ1) is 8.52. The van der Waals surface area contributed by atoms with Crippen molar-refractivity contribution in [1.29, 1.82) is 0 Å². The summed E-state index contributed by atoms with van der Waals surface area (Å²) in [7, 11) is 0. The molecule has 0 fully saturated rings. The molecule has 18 heavy (non-hydrogen) atoms. The molecular formula is C12H18ClN3O2. The normalized spacial score (nSPS) is 12.2. The molecule has 1 N–H and O–H groups in total. The fourth-order valence-electron chi connectivity index (χ4n) is 1.69. The summed E-state index contributed by atoms with van der Waals surface area (Å²) in [5.74, 6) is 0.457. The van der Waals surface area contributed by atoms with Crippen molar-refractivity contribution in [2.75, 3.05) is 5.32 Å². The number of nitrogens with zero attached hydrogens (tertiary/aromatic N) is 2. The fraction of sp³-hybridized carbons (Fsp3) is 0.583. The van der Waals surface area contributed by atoms with E-state index in [1.165, 1.54) is 25.0 Å². The molecule has 0 aliphatic carbocycles. The average molecular weight is 272 g/mol. The summed E-state index contributed by atoms with van der Waals surface area (Å²) in [6, 6.07) is 2.87. The number of hydrogen-bond donors (Lipinski definition) is 1. The van der Waals surface area contributed by atoms with Gasteiger partial charge in [0.05, 0.1) is 17.1 Å². The van der Waals surface area contributed by atoms with Crippen LogP contribution >= 0.6 is 11.6 Å². The van der Waals surface area contributed by atoms with E-state index in [9.17, 15) is 10.1 Å². The molecule has 0 saturated carbocycles. The van der Waals surface area contributed by atoms with E-state index in [1.54, 1.807) is 0 Å². The number of pyridine rings is 1. The molecule has 100 valence electrons. The Morgan fingerprint density at radius 2 is 2.22 bits per heavy atom. The first kappa shape index (κ1) is 14.7. The molecule has 5 nitrogen and oxygen atoms in total. The quantitative estimate of drug-likeness (QED) is 0.352. The van der Waals surface area contributed by atoms with E-state index in [2.05, 4.69) is 17.2 Å².